The highest BCUT2D eigenvalue weighted by Gasteiger charge is 2.15. The highest BCUT2D eigenvalue weighted by molar-refractivity contribution is 6.30. The summed E-state index contributed by atoms with van der Waals surface area (Å²) in [6.07, 6.45) is 2.93. The van der Waals surface area contributed by atoms with E-state index in [1.807, 2.05) is 19.1 Å². The first-order valence-corrected chi connectivity index (χ1v) is 6.59. The number of hydrogen-bond donors (Lipinski definition) is 0. The fourth-order valence-electron chi connectivity index (χ4n) is 1.68. The van der Waals surface area contributed by atoms with Crippen LogP contribution < -0.4 is 0 Å². The van der Waals surface area contributed by atoms with Gasteiger partial charge in [-0.2, -0.15) is 9.78 Å². The summed E-state index contributed by atoms with van der Waals surface area (Å²) >= 11 is 11.6. The lowest BCUT2D eigenvalue weighted by atomic mass is 10.2. The molecular weight excluding hydrogens is 285 g/mol. The number of halogens is 2. The summed E-state index contributed by atoms with van der Waals surface area (Å²) in [5.74, 6) is 0. The Labute approximate surface area is 121 Å². The van der Waals surface area contributed by atoms with Crippen molar-refractivity contribution >= 4 is 29.2 Å². The van der Waals surface area contributed by atoms with Crippen molar-refractivity contribution in [1.82, 2.24) is 14.7 Å². The molecule has 0 aliphatic carbocycles. The number of carbonyl (C=O) groups excluding carboxylic acids is 1. The Balaban J connectivity index is 2.11. The molecule has 0 saturated carbocycles. The molecule has 19 heavy (non-hydrogen) atoms. The molecule has 1 heterocycles. The molecule has 0 aliphatic heterocycles. The third-order valence-electron chi connectivity index (χ3n) is 2.69. The molecule has 0 saturated heterocycles. The molecule has 2 aromatic rings. The molecule has 0 atom stereocenters. The van der Waals surface area contributed by atoms with Crippen LogP contribution in [0.2, 0.25) is 10.0 Å². The summed E-state index contributed by atoms with van der Waals surface area (Å²) in [5.41, 5.74) is 1.01. The zero-order valence-corrected chi connectivity index (χ0v) is 11.9. The van der Waals surface area contributed by atoms with Crippen molar-refractivity contribution in [2.45, 2.75) is 13.5 Å². The number of carbonyl (C=O) groups is 1. The second-order valence-electron chi connectivity index (χ2n) is 4.03. The molecule has 0 N–H and O–H groups in total. The number of benzene rings is 1. The highest BCUT2D eigenvalue weighted by Crippen LogP contribution is 2.13. The van der Waals surface area contributed by atoms with Crippen LogP contribution in [-0.4, -0.2) is 27.3 Å². The lowest BCUT2D eigenvalue weighted by Gasteiger charge is -2.20. The van der Waals surface area contributed by atoms with Crippen molar-refractivity contribution in [3.05, 3.63) is 52.3 Å². The Morgan fingerprint density at radius 3 is 2.47 bits per heavy atom. The van der Waals surface area contributed by atoms with Gasteiger partial charge in [0, 0.05) is 18.1 Å². The monoisotopic (exact) mass is 297 g/mol. The minimum Gasteiger partial charge on any atom is -0.319 e. The minimum atomic E-state index is -0.204. The Bertz CT molecular complexity index is 566. The van der Waals surface area contributed by atoms with E-state index in [-0.39, 0.29) is 6.03 Å². The number of aromatic nitrogens is 2. The van der Waals surface area contributed by atoms with E-state index in [0.717, 1.165) is 5.56 Å². The van der Waals surface area contributed by atoms with Crippen LogP contribution in [0.15, 0.2) is 36.7 Å². The highest BCUT2D eigenvalue weighted by atomic mass is 35.5. The Hall–Kier alpha value is -1.52. The molecule has 0 fully saturated rings. The maximum absolute atomic E-state index is 12.2. The van der Waals surface area contributed by atoms with Gasteiger partial charge in [-0.3, -0.25) is 0 Å². The maximum atomic E-state index is 12.2. The lowest BCUT2D eigenvalue weighted by Crippen LogP contribution is -2.34. The lowest BCUT2D eigenvalue weighted by molar-refractivity contribution is 0.196. The quantitative estimate of drug-likeness (QED) is 0.867. The summed E-state index contributed by atoms with van der Waals surface area (Å²) in [6.45, 7) is 3.00. The van der Waals surface area contributed by atoms with E-state index < -0.39 is 0 Å². The van der Waals surface area contributed by atoms with E-state index >= 15 is 0 Å². The second kappa shape index (κ2) is 6.08. The number of amides is 1. The Kier molecular flexibility index (Phi) is 4.45. The largest absolute Gasteiger partial charge is 0.344 e. The molecule has 0 unspecified atom stereocenters. The van der Waals surface area contributed by atoms with Crippen molar-refractivity contribution in [2.75, 3.05) is 6.54 Å². The average molecular weight is 298 g/mol. The maximum Gasteiger partial charge on any atom is 0.344 e. The number of rotatable bonds is 3. The standard InChI is InChI=1S/C13H13Cl2N3O/c1-2-17(8-10-3-5-11(14)6-4-10)13(19)18-9-12(15)7-16-18/h3-7,9H,2,8H2,1H3. The van der Waals surface area contributed by atoms with Gasteiger partial charge >= 0.3 is 6.03 Å². The van der Waals surface area contributed by atoms with Gasteiger partial charge in [-0.15, -0.1) is 0 Å². The zero-order valence-electron chi connectivity index (χ0n) is 10.4. The van der Waals surface area contributed by atoms with Crippen molar-refractivity contribution in [3.63, 3.8) is 0 Å². The Morgan fingerprint density at radius 2 is 1.95 bits per heavy atom. The van der Waals surface area contributed by atoms with Crippen LogP contribution >= 0.6 is 23.2 Å². The molecule has 4 nitrogen and oxygen atoms in total. The summed E-state index contributed by atoms with van der Waals surface area (Å²) in [5, 5.41) is 5.03. The number of nitrogens with zero attached hydrogens (tertiary/aromatic N) is 3. The van der Waals surface area contributed by atoms with Gasteiger partial charge in [0.2, 0.25) is 0 Å². The fourth-order valence-corrected chi connectivity index (χ4v) is 1.94. The van der Waals surface area contributed by atoms with Gasteiger partial charge in [-0.25, -0.2) is 4.79 Å². The van der Waals surface area contributed by atoms with Gasteiger partial charge in [-0.1, -0.05) is 35.3 Å². The average Bonchev–Trinajstić information content (AvgIpc) is 2.84. The zero-order chi connectivity index (χ0) is 13.8. The molecular formula is C13H13Cl2N3O. The van der Waals surface area contributed by atoms with Gasteiger partial charge in [0.25, 0.3) is 0 Å². The van der Waals surface area contributed by atoms with Gasteiger partial charge in [-0.05, 0) is 24.6 Å². The molecule has 0 aliphatic rings. The smallest absolute Gasteiger partial charge is 0.319 e. The first-order valence-electron chi connectivity index (χ1n) is 5.84. The van der Waals surface area contributed by atoms with Crippen molar-refractivity contribution < 1.29 is 4.79 Å². The first kappa shape index (κ1) is 13.9. The van der Waals surface area contributed by atoms with Crippen LogP contribution in [0.3, 0.4) is 0 Å². The normalized spacial score (nSPS) is 10.5. The predicted octanol–water partition coefficient (Wildman–Crippen LogP) is 3.68. The molecule has 2 rings (SSSR count). The van der Waals surface area contributed by atoms with Crippen molar-refractivity contribution in [2.24, 2.45) is 0 Å². The van der Waals surface area contributed by atoms with Gasteiger partial charge < -0.3 is 4.90 Å². The van der Waals surface area contributed by atoms with Crippen LogP contribution in [0.25, 0.3) is 0 Å². The van der Waals surface area contributed by atoms with E-state index in [4.69, 9.17) is 23.2 Å². The molecule has 1 aromatic heterocycles. The summed E-state index contributed by atoms with van der Waals surface area (Å²) in [7, 11) is 0. The summed E-state index contributed by atoms with van der Waals surface area (Å²) < 4.78 is 1.24. The van der Waals surface area contributed by atoms with Crippen LogP contribution in [0.4, 0.5) is 4.79 Å². The number of hydrogen-bond acceptors (Lipinski definition) is 2. The van der Waals surface area contributed by atoms with E-state index in [2.05, 4.69) is 5.10 Å². The van der Waals surface area contributed by atoms with E-state index in [1.165, 1.54) is 17.1 Å². The first-order chi connectivity index (χ1) is 9.10. The molecule has 0 bridgehead atoms. The van der Waals surface area contributed by atoms with Crippen molar-refractivity contribution in [1.29, 1.82) is 0 Å². The van der Waals surface area contributed by atoms with E-state index in [1.54, 1.807) is 17.0 Å². The Morgan fingerprint density at radius 1 is 1.26 bits per heavy atom. The van der Waals surface area contributed by atoms with E-state index in [9.17, 15) is 4.79 Å². The fraction of sp³-hybridized carbons (Fsp3) is 0.231. The van der Waals surface area contributed by atoms with E-state index in [0.29, 0.717) is 23.1 Å². The molecule has 0 spiro atoms. The van der Waals surface area contributed by atoms with Gasteiger partial charge in [0.05, 0.1) is 17.4 Å². The molecule has 1 aromatic carbocycles. The molecule has 0 radical (unpaired) electrons. The van der Waals surface area contributed by atoms with Crippen molar-refractivity contribution in [3.8, 4) is 0 Å². The summed E-state index contributed by atoms with van der Waals surface area (Å²) in [4.78, 5) is 13.9. The topological polar surface area (TPSA) is 38.1 Å². The molecule has 6 heteroatoms. The molecule has 100 valence electrons. The third kappa shape index (κ3) is 3.49. The van der Waals surface area contributed by atoms with Gasteiger partial charge in [0.15, 0.2) is 0 Å². The molecule has 1 amide bonds. The van der Waals surface area contributed by atoms with Crippen LogP contribution in [0, 0.1) is 0 Å². The van der Waals surface area contributed by atoms with Gasteiger partial charge in [0.1, 0.15) is 0 Å². The third-order valence-corrected chi connectivity index (χ3v) is 3.13. The van der Waals surface area contributed by atoms with Crippen LogP contribution in [0.5, 0.6) is 0 Å². The summed E-state index contributed by atoms with van der Waals surface area (Å²) in [6, 6.07) is 7.20. The minimum absolute atomic E-state index is 0.204. The predicted molar refractivity (Wildman–Crippen MR) is 75.6 cm³/mol. The van der Waals surface area contributed by atoms with Crippen LogP contribution in [-0.2, 0) is 6.54 Å². The SMILES string of the molecule is CCN(Cc1ccc(Cl)cc1)C(=O)n1cc(Cl)cn1. The van der Waals surface area contributed by atoms with Crippen LogP contribution in [0.1, 0.15) is 12.5 Å². The second-order valence-corrected chi connectivity index (χ2v) is 4.90.